The Balaban J connectivity index is 1.29. The van der Waals surface area contributed by atoms with Gasteiger partial charge in [0.25, 0.3) is 0 Å². The van der Waals surface area contributed by atoms with Crippen molar-refractivity contribution < 1.29 is 24.1 Å². The molecule has 0 N–H and O–H groups in total. The van der Waals surface area contributed by atoms with Crippen molar-refractivity contribution in [2.75, 3.05) is 31.1 Å². The molecule has 0 atom stereocenters. The second kappa shape index (κ2) is 7.72. The van der Waals surface area contributed by atoms with Gasteiger partial charge in [0.1, 0.15) is 25.0 Å². The monoisotopic (exact) mass is 430 g/mol. The van der Waals surface area contributed by atoms with E-state index in [1.54, 1.807) is 12.1 Å². The SMILES string of the molecule is [2H]C1([2H])Oc2ccc(OC3CCN(c4nn5c(=O)c(F)c(C)nc5cc4C)CC3)cc2OC1([2H])[2H]. The molecular weight excluding hydrogens is 403 g/mol. The lowest BCUT2D eigenvalue weighted by Gasteiger charge is -2.33. The third kappa shape index (κ3) is 3.64. The average molecular weight is 430 g/mol. The van der Waals surface area contributed by atoms with E-state index in [4.69, 9.17) is 19.7 Å². The number of hydrogen-bond donors (Lipinski definition) is 0. The highest BCUT2D eigenvalue weighted by Gasteiger charge is 2.24. The van der Waals surface area contributed by atoms with Crippen molar-refractivity contribution in [3.63, 3.8) is 0 Å². The summed E-state index contributed by atoms with van der Waals surface area (Å²) in [5, 5.41) is 4.37. The maximum Gasteiger partial charge on any atom is 0.310 e. The molecule has 2 aliphatic rings. The van der Waals surface area contributed by atoms with Gasteiger partial charge in [-0.1, -0.05) is 0 Å². The summed E-state index contributed by atoms with van der Waals surface area (Å²) >= 11 is 0. The Kier molecular flexibility index (Phi) is 3.84. The second-order valence-corrected chi connectivity index (χ2v) is 7.56. The van der Waals surface area contributed by atoms with Crippen molar-refractivity contribution in [1.82, 2.24) is 14.6 Å². The van der Waals surface area contributed by atoms with Crippen molar-refractivity contribution in [3.8, 4) is 17.2 Å². The van der Waals surface area contributed by atoms with Crippen LogP contribution in [0.2, 0.25) is 0 Å². The Morgan fingerprint density at radius 2 is 1.90 bits per heavy atom. The summed E-state index contributed by atoms with van der Waals surface area (Å²) in [6, 6.07) is 6.31. The maximum absolute atomic E-state index is 14.1. The van der Waals surface area contributed by atoms with Gasteiger partial charge in [-0.2, -0.15) is 8.91 Å². The number of benzene rings is 1. The molecule has 0 radical (unpaired) electrons. The highest BCUT2D eigenvalue weighted by Crippen LogP contribution is 2.34. The number of anilines is 1. The van der Waals surface area contributed by atoms with Crippen molar-refractivity contribution in [2.45, 2.75) is 32.8 Å². The lowest BCUT2D eigenvalue weighted by Crippen LogP contribution is -2.39. The Morgan fingerprint density at radius 1 is 1.16 bits per heavy atom. The number of nitrogens with zero attached hydrogens (tertiary/aromatic N) is 4. The Morgan fingerprint density at radius 3 is 2.68 bits per heavy atom. The fourth-order valence-electron chi connectivity index (χ4n) is 3.81. The lowest BCUT2D eigenvalue weighted by atomic mass is 10.1. The summed E-state index contributed by atoms with van der Waals surface area (Å²) in [5.74, 6) is 0.283. The highest BCUT2D eigenvalue weighted by molar-refractivity contribution is 5.53. The molecule has 8 nitrogen and oxygen atoms in total. The molecule has 1 saturated heterocycles. The lowest BCUT2D eigenvalue weighted by molar-refractivity contribution is 0.159. The van der Waals surface area contributed by atoms with E-state index in [1.807, 2.05) is 11.8 Å². The van der Waals surface area contributed by atoms with E-state index in [2.05, 4.69) is 10.1 Å². The van der Waals surface area contributed by atoms with Crippen LogP contribution in [0, 0.1) is 19.7 Å². The number of halogens is 1. The van der Waals surface area contributed by atoms with E-state index in [-0.39, 0.29) is 23.3 Å². The average Bonchev–Trinajstić information content (AvgIpc) is 2.79. The molecule has 0 bridgehead atoms. The van der Waals surface area contributed by atoms with Crippen LogP contribution in [0.4, 0.5) is 10.2 Å². The van der Waals surface area contributed by atoms with Gasteiger partial charge in [0.05, 0.1) is 11.2 Å². The molecule has 0 amide bonds. The number of hydrogen-bond acceptors (Lipinski definition) is 7. The summed E-state index contributed by atoms with van der Waals surface area (Å²) in [7, 11) is 0. The first-order valence-corrected chi connectivity index (χ1v) is 9.96. The molecule has 9 heteroatoms. The fraction of sp³-hybridized carbons (Fsp3) is 0.409. The van der Waals surface area contributed by atoms with Crippen LogP contribution in [-0.2, 0) is 0 Å². The van der Waals surface area contributed by atoms with E-state index in [1.165, 1.54) is 19.1 Å². The summed E-state index contributed by atoms with van der Waals surface area (Å²) in [6.07, 6.45) is 1.15. The van der Waals surface area contributed by atoms with E-state index in [0.29, 0.717) is 43.1 Å². The summed E-state index contributed by atoms with van der Waals surface area (Å²) < 4.78 is 62.2. The first kappa shape index (κ1) is 15.4. The van der Waals surface area contributed by atoms with Gasteiger partial charge in [-0.15, -0.1) is 5.10 Å². The highest BCUT2D eigenvalue weighted by atomic mass is 19.1. The van der Waals surface area contributed by atoms with Gasteiger partial charge >= 0.3 is 5.56 Å². The van der Waals surface area contributed by atoms with Crippen molar-refractivity contribution in [2.24, 2.45) is 0 Å². The minimum atomic E-state index is -2.65. The van der Waals surface area contributed by atoms with Crippen LogP contribution in [0.15, 0.2) is 29.1 Å². The van der Waals surface area contributed by atoms with E-state index in [0.717, 1.165) is 10.1 Å². The molecule has 1 aromatic carbocycles. The number of aryl methyl sites for hydroxylation is 2. The van der Waals surface area contributed by atoms with Crippen LogP contribution in [0.5, 0.6) is 17.2 Å². The fourth-order valence-corrected chi connectivity index (χ4v) is 3.81. The van der Waals surface area contributed by atoms with Gasteiger partial charge in [0.2, 0.25) is 5.82 Å². The van der Waals surface area contributed by atoms with Crippen molar-refractivity contribution in [1.29, 1.82) is 0 Å². The van der Waals surface area contributed by atoms with Crippen molar-refractivity contribution in [3.05, 3.63) is 51.7 Å². The molecule has 4 heterocycles. The molecule has 0 spiro atoms. The van der Waals surface area contributed by atoms with Crippen LogP contribution in [0.1, 0.15) is 29.6 Å². The summed E-state index contributed by atoms with van der Waals surface area (Å²) in [4.78, 5) is 18.4. The first-order chi connectivity index (χ1) is 16.4. The molecule has 1 fully saturated rings. The largest absolute Gasteiger partial charge is 0.490 e. The summed E-state index contributed by atoms with van der Waals surface area (Å²) in [6.45, 7) is -0.766. The molecular formula is C22H23FN4O4. The molecule has 162 valence electrons. The maximum atomic E-state index is 14.1. The van der Waals surface area contributed by atoms with E-state index >= 15 is 0 Å². The predicted molar refractivity (Wildman–Crippen MR) is 112 cm³/mol. The number of piperidine rings is 1. The van der Waals surface area contributed by atoms with Gasteiger partial charge in [0, 0.05) is 32.0 Å². The summed E-state index contributed by atoms with van der Waals surface area (Å²) in [5.41, 5.74) is 0.326. The molecule has 3 aromatic rings. The van der Waals surface area contributed by atoms with Crippen LogP contribution >= 0.6 is 0 Å². The van der Waals surface area contributed by atoms with E-state index < -0.39 is 24.5 Å². The van der Waals surface area contributed by atoms with Gasteiger partial charge in [0.15, 0.2) is 23.0 Å². The molecule has 0 aliphatic carbocycles. The zero-order valence-electron chi connectivity index (χ0n) is 21.0. The molecule has 2 aliphatic heterocycles. The van der Waals surface area contributed by atoms with Crippen LogP contribution in [0.25, 0.3) is 5.65 Å². The minimum Gasteiger partial charge on any atom is -0.490 e. The van der Waals surface area contributed by atoms with Gasteiger partial charge in [-0.3, -0.25) is 4.79 Å². The Bertz CT molecular complexity index is 1380. The first-order valence-electron chi connectivity index (χ1n) is 12.0. The predicted octanol–water partition coefficient (Wildman–Crippen LogP) is 2.66. The van der Waals surface area contributed by atoms with E-state index in [9.17, 15) is 9.18 Å². The smallest absolute Gasteiger partial charge is 0.310 e. The molecule has 0 unspecified atom stereocenters. The van der Waals surface area contributed by atoms with Crippen LogP contribution in [0.3, 0.4) is 0 Å². The van der Waals surface area contributed by atoms with Gasteiger partial charge in [-0.05, 0) is 37.6 Å². The van der Waals surface area contributed by atoms with Gasteiger partial charge in [-0.25, -0.2) is 4.98 Å². The minimum absolute atomic E-state index is 0.0379. The standard InChI is InChI=1S/C22H23FN4O4/c1-13-11-19-24-14(2)20(23)22(28)27(19)25-21(13)26-7-5-15(6-8-26)31-16-3-4-17-18(12-16)30-10-9-29-17/h3-4,11-12,15H,5-10H2,1-2H3/i9D2,10D2. The third-order valence-electron chi connectivity index (χ3n) is 5.41. The Hall–Kier alpha value is -3.36. The Labute approximate surface area is 183 Å². The molecule has 5 rings (SSSR count). The van der Waals surface area contributed by atoms with Crippen LogP contribution < -0.4 is 24.7 Å². The number of ether oxygens (including phenoxy) is 3. The van der Waals surface area contributed by atoms with Crippen LogP contribution in [-0.4, -0.2) is 46.9 Å². The molecule has 0 saturated carbocycles. The van der Waals surface area contributed by atoms with Crippen molar-refractivity contribution >= 4 is 11.5 Å². The molecule has 2 aromatic heterocycles. The third-order valence-corrected chi connectivity index (χ3v) is 5.41. The number of rotatable bonds is 3. The molecule has 31 heavy (non-hydrogen) atoms. The topological polar surface area (TPSA) is 78.2 Å². The zero-order chi connectivity index (χ0) is 25.1. The van der Waals surface area contributed by atoms with Gasteiger partial charge < -0.3 is 19.1 Å². The number of aromatic nitrogens is 3. The second-order valence-electron chi connectivity index (χ2n) is 7.56. The zero-order valence-corrected chi connectivity index (χ0v) is 17.0. The quantitative estimate of drug-likeness (QED) is 0.632. The normalized spacial score (nSPS) is 21.7. The number of fused-ring (bicyclic) bond motifs is 2.